The number of benzene rings is 2. The maximum absolute atomic E-state index is 13.4. The number of fused-ring (bicyclic) bond motifs is 1. The second-order valence-corrected chi connectivity index (χ2v) is 10.3. The molecule has 0 radical (unpaired) electrons. The highest BCUT2D eigenvalue weighted by Crippen LogP contribution is 2.38. The molecule has 1 saturated heterocycles. The lowest BCUT2D eigenvalue weighted by atomic mass is 9.73. The predicted octanol–water partition coefficient (Wildman–Crippen LogP) is 4.58. The molecule has 1 aliphatic heterocycles. The number of carbonyl (C=O) groups excluding carboxylic acids is 1. The molecule has 1 fully saturated rings. The van der Waals surface area contributed by atoms with Crippen molar-refractivity contribution in [2.75, 3.05) is 52.3 Å². The fourth-order valence-electron chi connectivity index (χ4n) is 5.41. The number of carbonyl (C=O) groups is 1. The molecule has 8 nitrogen and oxygen atoms in total. The van der Waals surface area contributed by atoms with Crippen molar-refractivity contribution >= 4 is 22.5 Å². The lowest BCUT2D eigenvalue weighted by Gasteiger charge is -2.40. The average molecular weight is 543 g/mol. The SMILES string of the molecule is COc1ccc2ncc(N(C)C)c(CCCC3(C(=O)NO)CCN(CCOc4cc(F)cc(F)c4)CC3)c2c1. The van der Waals surface area contributed by atoms with Gasteiger partial charge in [0.15, 0.2) is 0 Å². The number of methoxy groups -OCH3 is 1. The molecular weight excluding hydrogens is 506 g/mol. The lowest BCUT2D eigenvalue weighted by Crippen LogP contribution is -2.49. The Morgan fingerprint density at radius 2 is 1.85 bits per heavy atom. The molecule has 0 unspecified atom stereocenters. The molecule has 1 amide bonds. The Morgan fingerprint density at radius 1 is 1.13 bits per heavy atom. The van der Waals surface area contributed by atoms with Crippen LogP contribution in [0.3, 0.4) is 0 Å². The summed E-state index contributed by atoms with van der Waals surface area (Å²) in [6.07, 6.45) is 5.14. The maximum Gasteiger partial charge on any atom is 0.249 e. The van der Waals surface area contributed by atoms with Crippen LogP contribution in [0, 0.1) is 17.0 Å². The highest BCUT2D eigenvalue weighted by atomic mass is 19.1. The van der Waals surface area contributed by atoms with Crippen molar-refractivity contribution in [1.29, 1.82) is 0 Å². The topological polar surface area (TPSA) is 87.2 Å². The van der Waals surface area contributed by atoms with Gasteiger partial charge in [-0.25, -0.2) is 14.3 Å². The van der Waals surface area contributed by atoms with Gasteiger partial charge in [-0.15, -0.1) is 0 Å². The van der Waals surface area contributed by atoms with Gasteiger partial charge in [0, 0.05) is 44.2 Å². The van der Waals surface area contributed by atoms with Crippen molar-refractivity contribution in [3.8, 4) is 11.5 Å². The molecule has 1 aromatic heterocycles. The number of hydrogen-bond donors (Lipinski definition) is 2. The predicted molar refractivity (Wildman–Crippen MR) is 145 cm³/mol. The fraction of sp³-hybridized carbons (Fsp3) is 0.448. The summed E-state index contributed by atoms with van der Waals surface area (Å²) in [6.45, 7) is 2.12. The van der Waals surface area contributed by atoms with Gasteiger partial charge in [0.05, 0.1) is 29.9 Å². The number of hydroxylamine groups is 1. The van der Waals surface area contributed by atoms with Crippen molar-refractivity contribution in [1.82, 2.24) is 15.4 Å². The van der Waals surface area contributed by atoms with Crippen LogP contribution in [0.15, 0.2) is 42.6 Å². The molecule has 4 rings (SSSR count). The van der Waals surface area contributed by atoms with E-state index in [1.807, 2.05) is 48.9 Å². The van der Waals surface area contributed by atoms with Crippen LogP contribution in [0.2, 0.25) is 0 Å². The molecular formula is C29H36F2N4O4. The summed E-state index contributed by atoms with van der Waals surface area (Å²) in [4.78, 5) is 21.7. The third-order valence-electron chi connectivity index (χ3n) is 7.64. The minimum atomic E-state index is -0.684. The van der Waals surface area contributed by atoms with Crippen molar-refractivity contribution < 1.29 is 28.3 Å². The Balaban J connectivity index is 1.39. The van der Waals surface area contributed by atoms with E-state index in [0.717, 1.165) is 58.9 Å². The number of nitrogens with zero attached hydrogens (tertiary/aromatic N) is 3. The lowest BCUT2D eigenvalue weighted by molar-refractivity contribution is -0.143. The van der Waals surface area contributed by atoms with Gasteiger partial charge < -0.3 is 14.4 Å². The van der Waals surface area contributed by atoms with Crippen LogP contribution in [0.4, 0.5) is 14.5 Å². The zero-order valence-corrected chi connectivity index (χ0v) is 22.7. The number of rotatable bonds is 11. The standard InChI is InChI=1S/C29H36F2N4O4/c1-34(2)27-19-32-26-7-6-22(38-3)18-25(26)24(27)5-4-8-29(28(36)33-37)9-11-35(12-10-29)13-14-39-23-16-20(30)15-21(31)17-23/h6-7,15-19,37H,4-5,8-14H2,1-3H3,(H,33,36). The van der Waals surface area contributed by atoms with E-state index in [-0.39, 0.29) is 18.3 Å². The average Bonchev–Trinajstić information content (AvgIpc) is 2.92. The van der Waals surface area contributed by atoms with Crippen LogP contribution in [0.5, 0.6) is 11.5 Å². The summed E-state index contributed by atoms with van der Waals surface area (Å²) in [7, 11) is 5.61. The number of hydrogen-bond acceptors (Lipinski definition) is 7. The number of nitrogens with one attached hydrogen (secondary N) is 1. The van der Waals surface area contributed by atoms with E-state index < -0.39 is 17.0 Å². The third-order valence-corrected chi connectivity index (χ3v) is 7.64. The van der Waals surface area contributed by atoms with E-state index >= 15 is 0 Å². The molecule has 3 aromatic rings. The molecule has 0 bridgehead atoms. The Hall–Kier alpha value is -3.50. The van der Waals surface area contributed by atoms with E-state index in [0.29, 0.717) is 38.9 Å². The molecule has 2 heterocycles. The van der Waals surface area contributed by atoms with Crippen LogP contribution in [-0.4, -0.2) is 68.4 Å². The summed E-state index contributed by atoms with van der Waals surface area (Å²) in [6, 6.07) is 8.95. The van der Waals surface area contributed by atoms with Crippen molar-refractivity contribution in [3.63, 3.8) is 0 Å². The third kappa shape index (κ3) is 6.75. The minimum Gasteiger partial charge on any atom is -0.497 e. The number of ether oxygens (including phenoxy) is 2. The van der Waals surface area contributed by atoms with Gasteiger partial charge in [0.1, 0.15) is 29.7 Å². The molecule has 0 atom stereocenters. The summed E-state index contributed by atoms with van der Waals surface area (Å²) in [5.74, 6) is -0.810. The first-order chi connectivity index (χ1) is 18.7. The molecule has 2 aromatic carbocycles. The number of pyridine rings is 1. The first kappa shape index (κ1) is 28.5. The van der Waals surface area contributed by atoms with Gasteiger partial charge in [-0.1, -0.05) is 0 Å². The monoisotopic (exact) mass is 542 g/mol. The molecule has 1 aliphatic rings. The molecule has 0 spiro atoms. The number of amides is 1. The Labute approximate surface area is 227 Å². The largest absolute Gasteiger partial charge is 0.497 e. The number of halogens is 2. The van der Waals surface area contributed by atoms with E-state index in [1.165, 1.54) is 0 Å². The number of aromatic nitrogens is 1. The normalized spacial score (nSPS) is 15.2. The van der Waals surface area contributed by atoms with E-state index in [1.54, 1.807) is 7.11 Å². The van der Waals surface area contributed by atoms with Crippen molar-refractivity contribution in [2.24, 2.45) is 5.41 Å². The summed E-state index contributed by atoms with van der Waals surface area (Å²) >= 11 is 0. The Morgan fingerprint density at radius 3 is 2.49 bits per heavy atom. The Bertz CT molecular complexity index is 1280. The highest BCUT2D eigenvalue weighted by molar-refractivity contribution is 5.88. The van der Waals surface area contributed by atoms with Crippen LogP contribution in [0.25, 0.3) is 10.9 Å². The van der Waals surface area contributed by atoms with Gasteiger partial charge in [0.25, 0.3) is 0 Å². The van der Waals surface area contributed by atoms with Gasteiger partial charge in [-0.2, -0.15) is 0 Å². The quantitative estimate of drug-likeness (QED) is 0.271. The first-order valence-corrected chi connectivity index (χ1v) is 13.1. The molecule has 0 aliphatic carbocycles. The summed E-state index contributed by atoms with van der Waals surface area (Å²) in [5.41, 5.74) is 4.26. The molecule has 10 heteroatoms. The van der Waals surface area contributed by atoms with E-state index in [9.17, 15) is 18.8 Å². The maximum atomic E-state index is 13.4. The van der Waals surface area contributed by atoms with Crippen molar-refractivity contribution in [2.45, 2.75) is 32.1 Å². The smallest absolute Gasteiger partial charge is 0.249 e. The second-order valence-electron chi connectivity index (χ2n) is 10.3. The molecule has 2 N–H and O–H groups in total. The van der Waals surface area contributed by atoms with Crippen LogP contribution in [0.1, 0.15) is 31.2 Å². The first-order valence-electron chi connectivity index (χ1n) is 13.1. The van der Waals surface area contributed by atoms with Gasteiger partial charge >= 0.3 is 0 Å². The number of piperidine rings is 1. The van der Waals surface area contributed by atoms with E-state index in [4.69, 9.17) is 9.47 Å². The van der Waals surface area contributed by atoms with E-state index in [2.05, 4.69) is 9.88 Å². The Kier molecular flexibility index (Phi) is 9.19. The van der Waals surface area contributed by atoms with Gasteiger partial charge in [-0.3, -0.25) is 19.9 Å². The summed E-state index contributed by atoms with van der Waals surface area (Å²) in [5, 5.41) is 10.6. The molecule has 210 valence electrons. The number of likely N-dealkylation sites (tertiary alicyclic amines) is 1. The highest BCUT2D eigenvalue weighted by Gasteiger charge is 2.40. The van der Waals surface area contributed by atoms with Crippen molar-refractivity contribution in [3.05, 3.63) is 59.8 Å². The van der Waals surface area contributed by atoms with Crippen LogP contribution in [-0.2, 0) is 11.2 Å². The molecule has 39 heavy (non-hydrogen) atoms. The zero-order chi connectivity index (χ0) is 28.0. The fourth-order valence-corrected chi connectivity index (χ4v) is 5.41. The van der Waals surface area contributed by atoms with Gasteiger partial charge in [-0.05, 0) is 69.0 Å². The van der Waals surface area contributed by atoms with Crippen LogP contribution < -0.4 is 19.9 Å². The number of aryl methyl sites for hydroxylation is 1. The molecule has 0 saturated carbocycles. The summed E-state index contributed by atoms with van der Waals surface area (Å²) < 4.78 is 37.7. The number of anilines is 1. The van der Waals surface area contributed by atoms with Gasteiger partial charge in [0.2, 0.25) is 5.91 Å². The second kappa shape index (κ2) is 12.6. The zero-order valence-electron chi connectivity index (χ0n) is 22.7. The van der Waals surface area contributed by atoms with Crippen LogP contribution >= 0.6 is 0 Å². The minimum absolute atomic E-state index is 0.150.